The molecule has 3 heteroatoms. The van der Waals surface area contributed by atoms with Gasteiger partial charge in [0.15, 0.2) is 0 Å². The summed E-state index contributed by atoms with van der Waals surface area (Å²) in [6, 6.07) is 13.0. The van der Waals surface area contributed by atoms with Crippen LogP contribution in [-0.4, -0.2) is 6.61 Å². The standard InChI is InChI=1S/C18H22FNO/c1-3-4-11-21-16-8-6-15(7-9-16)13-20-18-12-14(2)5-10-17(18)19/h5-10,12,20H,3-4,11,13H2,1-2H3. The summed E-state index contributed by atoms with van der Waals surface area (Å²) < 4.78 is 19.2. The summed E-state index contributed by atoms with van der Waals surface area (Å²) >= 11 is 0. The second-order valence-electron chi connectivity index (χ2n) is 5.18. The highest BCUT2D eigenvalue weighted by molar-refractivity contribution is 5.47. The number of unbranched alkanes of at least 4 members (excludes halogenated alkanes) is 1. The number of aryl methyl sites for hydroxylation is 1. The first kappa shape index (κ1) is 15.4. The molecule has 0 spiro atoms. The molecule has 0 bridgehead atoms. The maximum Gasteiger partial charge on any atom is 0.146 e. The van der Waals surface area contributed by atoms with E-state index in [9.17, 15) is 4.39 Å². The van der Waals surface area contributed by atoms with Gasteiger partial charge in [0.1, 0.15) is 11.6 Å². The third-order valence-corrected chi connectivity index (χ3v) is 3.29. The van der Waals surface area contributed by atoms with Gasteiger partial charge in [0, 0.05) is 6.54 Å². The lowest BCUT2D eigenvalue weighted by Crippen LogP contribution is -2.02. The average molecular weight is 287 g/mol. The molecule has 2 aromatic carbocycles. The number of nitrogens with one attached hydrogen (secondary N) is 1. The summed E-state index contributed by atoms with van der Waals surface area (Å²) in [4.78, 5) is 0. The van der Waals surface area contributed by atoms with Crippen LogP contribution in [0.1, 0.15) is 30.9 Å². The quantitative estimate of drug-likeness (QED) is 0.729. The Hall–Kier alpha value is -2.03. The van der Waals surface area contributed by atoms with E-state index in [4.69, 9.17) is 4.74 Å². The van der Waals surface area contributed by atoms with Gasteiger partial charge in [0.25, 0.3) is 0 Å². The van der Waals surface area contributed by atoms with E-state index in [1.165, 1.54) is 6.07 Å². The van der Waals surface area contributed by atoms with Gasteiger partial charge in [-0.2, -0.15) is 0 Å². The van der Waals surface area contributed by atoms with Crippen LogP contribution in [0.5, 0.6) is 5.75 Å². The van der Waals surface area contributed by atoms with E-state index >= 15 is 0 Å². The van der Waals surface area contributed by atoms with Crippen LogP contribution in [0, 0.1) is 12.7 Å². The van der Waals surface area contributed by atoms with Crippen LogP contribution >= 0.6 is 0 Å². The van der Waals surface area contributed by atoms with E-state index in [1.54, 1.807) is 6.07 Å². The van der Waals surface area contributed by atoms with Gasteiger partial charge in [-0.15, -0.1) is 0 Å². The van der Waals surface area contributed by atoms with Crippen molar-refractivity contribution in [1.29, 1.82) is 0 Å². The van der Waals surface area contributed by atoms with Crippen LogP contribution in [0.4, 0.5) is 10.1 Å². The predicted molar refractivity (Wildman–Crippen MR) is 85.3 cm³/mol. The Kier molecular flexibility index (Phi) is 5.61. The summed E-state index contributed by atoms with van der Waals surface area (Å²) in [5, 5.41) is 3.13. The predicted octanol–water partition coefficient (Wildman–Crippen LogP) is 4.93. The molecule has 0 aliphatic heterocycles. The molecule has 0 aliphatic carbocycles. The Morgan fingerprint density at radius 3 is 2.57 bits per heavy atom. The molecule has 2 rings (SSSR count). The molecule has 0 radical (unpaired) electrons. The molecule has 2 nitrogen and oxygen atoms in total. The van der Waals surface area contributed by atoms with Crippen molar-refractivity contribution in [3.8, 4) is 5.75 Å². The van der Waals surface area contributed by atoms with Crippen LogP contribution in [-0.2, 0) is 6.54 Å². The highest BCUT2D eigenvalue weighted by Crippen LogP contribution is 2.18. The van der Waals surface area contributed by atoms with Crippen molar-refractivity contribution >= 4 is 5.69 Å². The van der Waals surface area contributed by atoms with Crippen molar-refractivity contribution in [2.24, 2.45) is 0 Å². The summed E-state index contributed by atoms with van der Waals surface area (Å²) in [5.41, 5.74) is 2.68. The normalized spacial score (nSPS) is 10.4. The first-order valence-electron chi connectivity index (χ1n) is 7.41. The largest absolute Gasteiger partial charge is 0.494 e. The van der Waals surface area contributed by atoms with Gasteiger partial charge in [-0.05, 0) is 48.7 Å². The monoisotopic (exact) mass is 287 g/mol. The van der Waals surface area contributed by atoms with Crippen molar-refractivity contribution in [2.75, 3.05) is 11.9 Å². The maximum absolute atomic E-state index is 13.6. The Balaban J connectivity index is 1.90. The number of hydrogen-bond acceptors (Lipinski definition) is 2. The van der Waals surface area contributed by atoms with Crippen LogP contribution in [0.2, 0.25) is 0 Å². The summed E-state index contributed by atoms with van der Waals surface area (Å²) in [6.07, 6.45) is 2.19. The molecule has 0 saturated heterocycles. The molecule has 112 valence electrons. The lowest BCUT2D eigenvalue weighted by atomic mass is 10.2. The molecule has 21 heavy (non-hydrogen) atoms. The highest BCUT2D eigenvalue weighted by Gasteiger charge is 2.02. The lowest BCUT2D eigenvalue weighted by Gasteiger charge is -2.10. The Morgan fingerprint density at radius 2 is 1.86 bits per heavy atom. The summed E-state index contributed by atoms with van der Waals surface area (Å²) in [5.74, 6) is 0.661. The first-order valence-corrected chi connectivity index (χ1v) is 7.41. The van der Waals surface area contributed by atoms with Crippen LogP contribution in [0.3, 0.4) is 0 Å². The molecular formula is C18H22FNO. The summed E-state index contributed by atoms with van der Waals surface area (Å²) in [7, 11) is 0. The molecule has 1 N–H and O–H groups in total. The minimum atomic E-state index is -0.222. The van der Waals surface area contributed by atoms with Gasteiger partial charge in [0.05, 0.1) is 12.3 Å². The fourth-order valence-electron chi connectivity index (χ4n) is 2.01. The fraction of sp³-hybridized carbons (Fsp3) is 0.333. The van der Waals surface area contributed by atoms with Crippen molar-refractivity contribution in [3.05, 3.63) is 59.4 Å². The summed E-state index contributed by atoms with van der Waals surface area (Å²) in [6.45, 7) is 5.44. The second-order valence-corrected chi connectivity index (χ2v) is 5.18. The molecule has 0 unspecified atom stereocenters. The topological polar surface area (TPSA) is 21.3 Å². The van der Waals surface area contributed by atoms with E-state index in [-0.39, 0.29) is 5.82 Å². The molecule has 0 heterocycles. The lowest BCUT2D eigenvalue weighted by molar-refractivity contribution is 0.309. The zero-order valence-electron chi connectivity index (χ0n) is 12.7. The minimum absolute atomic E-state index is 0.222. The highest BCUT2D eigenvalue weighted by atomic mass is 19.1. The van der Waals surface area contributed by atoms with Crippen molar-refractivity contribution in [3.63, 3.8) is 0 Å². The number of benzene rings is 2. The molecule has 0 aromatic heterocycles. The zero-order chi connectivity index (χ0) is 15.1. The van der Waals surface area contributed by atoms with E-state index in [1.807, 2.05) is 37.3 Å². The Morgan fingerprint density at radius 1 is 1.10 bits per heavy atom. The van der Waals surface area contributed by atoms with Gasteiger partial charge in [0.2, 0.25) is 0 Å². The van der Waals surface area contributed by atoms with Crippen LogP contribution in [0.25, 0.3) is 0 Å². The number of rotatable bonds is 7. The van der Waals surface area contributed by atoms with Crippen molar-refractivity contribution in [2.45, 2.75) is 33.2 Å². The van der Waals surface area contributed by atoms with Gasteiger partial charge in [-0.25, -0.2) is 4.39 Å². The average Bonchev–Trinajstić information content (AvgIpc) is 2.50. The number of anilines is 1. The molecular weight excluding hydrogens is 265 g/mol. The molecule has 0 fully saturated rings. The van der Waals surface area contributed by atoms with Crippen molar-refractivity contribution < 1.29 is 9.13 Å². The smallest absolute Gasteiger partial charge is 0.146 e. The SMILES string of the molecule is CCCCOc1ccc(CNc2cc(C)ccc2F)cc1. The maximum atomic E-state index is 13.6. The van der Waals surface area contributed by atoms with Crippen LogP contribution in [0.15, 0.2) is 42.5 Å². The Labute approximate surface area is 126 Å². The van der Waals surface area contributed by atoms with Gasteiger partial charge >= 0.3 is 0 Å². The molecule has 2 aromatic rings. The van der Waals surface area contributed by atoms with Gasteiger partial charge in [-0.3, -0.25) is 0 Å². The van der Waals surface area contributed by atoms with Gasteiger partial charge in [-0.1, -0.05) is 31.5 Å². The fourth-order valence-corrected chi connectivity index (χ4v) is 2.01. The molecule has 0 saturated carbocycles. The molecule has 0 atom stereocenters. The van der Waals surface area contributed by atoms with E-state index < -0.39 is 0 Å². The number of halogens is 1. The third kappa shape index (κ3) is 4.78. The van der Waals surface area contributed by atoms with E-state index in [0.717, 1.165) is 36.3 Å². The minimum Gasteiger partial charge on any atom is -0.494 e. The number of hydrogen-bond donors (Lipinski definition) is 1. The molecule has 0 aliphatic rings. The first-order chi connectivity index (χ1) is 10.2. The van der Waals surface area contributed by atoms with Crippen molar-refractivity contribution in [1.82, 2.24) is 0 Å². The number of ether oxygens (including phenoxy) is 1. The van der Waals surface area contributed by atoms with Gasteiger partial charge < -0.3 is 10.1 Å². The van der Waals surface area contributed by atoms with E-state index in [0.29, 0.717) is 12.2 Å². The van der Waals surface area contributed by atoms with Crippen LogP contribution < -0.4 is 10.1 Å². The zero-order valence-corrected chi connectivity index (χ0v) is 12.7. The molecule has 0 amide bonds. The Bertz CT molecular complexity index is 566. The second kappa shape index (κ2) is 7.67. The third-order valence-electron chi connectivity index (χ3n) is 3.29. The van der Waals surface area contributed by atoms with E-state index in [2.05, 4.69) is 12.2 Å².